The van der Waals surface area contributed by atoms with Crippen molar-refractivity contribution in [2.75, 3.05) is 6.54 Å². The number of alkyl halides is 3. The number of hydrogen-bond acceptors (Lipinski definition) is 3. The molecule has 28 heavy (non-hydrogen) atoms. The number of aromatic nitrogens is 4. The third-order valence-electron chi connectivity index (χ3n) is 4.94. The third-order valence-corrected chi connectivity index (χ3v) is 5.13. The molecule has 0 unspecified atom stereocenters. The number of nitrogens with zero attached hydrogens (tertiary/aromatic N) is 4. The summed E-state index contributed by atoms with van der Waals surface area (Å²) in [6.07, 6.45) is 0.605. The lowest BCUT2D eigenvalue weighted by molar-refractivity contribution is -0.142. The van der Waals surface area contributed by atoms with Gasteiger partial charge in [0.15, 0.2) is 5.69 Å². The van der Waals surface area contributed by atoms with Gasteiger partial charge in [0, 0.05) is 30.5 Å². The minimum atomic E-state index is -4.51. The van der Waals surface area contributed by atoms with Crippen LogP contribution in [0, 0.1) is 5.92 Å². The predicted molar refractivity (Wildman–Crippen MR) is 98.0 cm³/mol. The normalized spacial score (nSPS) is 16.1. The average Bonchev–Trinajstić information content (AvgIpc) is 3.30. The Morgan fingerprint density at radius 3 is 2.75 bits per heavy atom. The standard InChI is InChI=1S/C18H23ClF3N5O/c1-3-14(17(28)23-7-11(2)9-26-10-12(19)8-24-26)27-15-6-4-5-13(15)16(25-27)18(20,21)22/h8,10-11,14H,3-7,9H2,1-2H3,(H,23,28)/t11-,14-/m1/s1. The van der Waals surface area contributed by atoms with Crippen LogP contribution >= 0.6 is 11.6 Å². The van der Waals surface area contributed by atoms with Crippen molar-refractivity contribution in [1.29, 1.82) is 0 Å². The molecule has 2 atom stereocenters. The highest BCUT2D eigenvalue weighted by Crippen LogP contribution is 2.37. The van der Waals surface area contributed by atoms with E-state index in [0.29, 0.717) is 49.5 Å². The van der Waals surface area contributed by atoms with Crippen LogP contribution in [-0.2, 0) is 30.4 Å². The van der Waals surface area contributed by atoms with Crippen molar-refractivity contribution in [2.45, 2.75) is 58.3 Å². The smallest absolute Gasteiger partial charge is 0.354 e. The first-order chi connectivity index (χ1) is 13.2. The molecule has 3 rings (SSSR count). The lowest BCUT2D eigenvalue weighted by Crippen LogP contribution is -2.36. The summed E-state index contributed by atoms with van der Waals surface area (Å²) in [5.74, 6) is -0.245. The molecule has 0 saturated carbocycles. The number of carbonyl (C=O) groups is 1. The molecule has 0 spiro atoms. The zero-order chi connectivity index (χ0) is 20.5. The van der Waals surface area contributed by atoms with Crippen LogP contribution in [-0.4, -0.2) is 32.0 Å². The van der Waals surface area contributed by atoms with E-state index in [-0.39, 0.29) is 17.4 Å². The molecule has 0 bridgehead atoms. The summed E-state index contributed by atoms with van der Waals surface area (Å²) >= 11 is 5.84. The quantitative estimate of drug-likeness (QED) is 0.748. The van der Waals surface area contributed by atoms with Crippen LogP contribution in [0.5, 0.6) is 0 Å². The Morgan fingerprint density at radius 2 is 2.14 bits per heavy atom. The Morgan fingerprint density at radius 1 is 1.39 bits per heavy atom. The fourth-order valence-electron chi connectivity index (χ4n) is 3.63. The van der Waals surface area contributed by atoms with Gasteiger partial charge < -0.3 is 5.32 Å². The van der Waals surface area contributed by atoms with Gasteiger partial charge in [-0.15, -0.1) is 0 Å². The van der Waals surface area contributed by atoms with Gasteiger partial charge >= 0.3 is 6.18 Å². The van der Waals surface area contributed by atoms with E-state index in [1.165, 1.54) is 10.9 Å². The highest BCUT2D eigenvalue weighted by molar-refractivity contribution is 6.30. The Hall–Kier alpha value is -2.03. The van der Waals surface area contributed by atoms with Crippen molar-refractivity contribution in [2.24, 2.45) is 5.92 Å². The topological polar surface area (TPSA) is 64.7 Å². The molecule has 1 aliphatic carbocycles. The number of rotatable bonds is 7. The first kappa shape index (κ1) is 20.7. The summed E-state index contributed by atoms with van der Waals surface area (Å²) in [5.41, 5.74) is -0.0774. The van der Waals surface area contributed by atoms with E-state index >= 15 is 0 Å². The van der Waals surface area contributed by atoms with Crippen molar-refractivity contribution in [3.63, 3.8) is 0 Å². The molecule has 0 radical (unpaired) electrons. The molecule has 0 aromatic carbocycles. The van der Waals surface area contributed by atoms with Crippen molar-refractivity contribution >= 4 is 17.5 Å². The lowest BCUT2D eigenvalue weighted by Gasteiger charge is -2.20. The van der Waals surface area contributed by atoms with Crippen molar-refractivity contribution in [1.82, 2.24) is 24.9 Å². The fraction of sp³-hybridized carbons (Fsp3) is 0.611. The minimum absolute atomic E-state index is 0.0755. The highest BCUT2D eigenvalue weighted by Gasteiger charge is 2.41. The van der Waals surface area contributed by atoms with Gasteiger partial charge in [0.25, 0.3) is 0 Å². The fourth-order valence-corrected chi connectivity index (χ4v) is 3.79. The van der Waals surface area contributed by atoms with Crippen LogP contribution in [0.15, 0.2) is 12.4 Å². The van der Waals surface area contributed by atoms with Gasteiger partial charge in [0.1, 0.15) is 6.04 Å². The van der Waals surface area contributed by atoms with Crippen molar-refractivity contribution in [3.05, 3.63) is 34.4 Å². The van der Waals surface area contributed by atoms with Crippen LogP contribution in [0.4, 0.5) is 13.2 Å². The van der Waals surface area contributed by atoms with Crippen LogP contribution in [0.2, 0.25) is 5.02 Å². The molecule has 2 heterocycles. The zero-order valence-corrected chi connectivity index (χ0v) is 16.5. The molecular formula is C18H23ClF3N5O. The van der Waals surface area contributed by atoms with Gasteiger partial charge in [-0.3, -0.25) is 14.2 Å². The second-order valence-electron chi connectivity index (χ2n) is 7.22. The van der Waals surface area contributed by atoms with Gasteiger partial charge in [-0.05, 0) is 31.6 Å². The second-order valence-corrected chi connectivity index (χ2v) is 7.66. The SMILES string of the molecule is CC[C@H](C(=O)NC[C@@H](C)Cn1cc(Cl)cn1)n1nc(C(F)(F)F)c2c1CCC2. The lowest BCUT2D eigenvalue weighted by atomic mass is 10.1. The first-order valence-electron chi connectivity index (χ1n) is 9.33. The number of fused-ring (bicyclic) bond motifs is 1. The molecule has 154 valence electrons. The largest absolute Gasteiger partial charge is 0.435 e. The molecule has 1 amide bonds. The maximum atomic E-state index is 13.3. The first-order valence-corrected chi connectivity index (χ1v) is 9.71. The van der Waals surface area contributed by atoms with Gasteiger partial charge in [0.05, 0.1) is 11.2 Å². The molecular weight excluding hydrogens is 395 g/mol. The maximum Gasteiger partial charge on any atom is 0.435 e. The molecule has 0 aliphatic heterocycles. The van der Waals surface area contributed by atoms with E-state index in [1.807, 2.05) is 6.92 Å². The van der Waals surface area contributed by atoms with Gasteiger partial charge in [-0.25, -0.2) is 0 Å². The Labute approximate surface area is 166 Å². The molecule has 1 aliphatic rings. The van der Waals surface area contributed by atoms with Crippen molar-refractivity contribution < 1.29 is 18.0 Å². The number of nitrogens with one attached hydrogen (secondary N) is 1. The molecule has 1 N–H and O–H groups in total. The van der Waals surface area contributed by atoms with Gasteiger partial charge in [0.2, 0.25) is 5.91 Å². The number of hydrogen-bond donors (Lipinski definition) is 1. The predicted octanol–water partition coefficient (Wildman–Crippen LogP) is 3.64. The van der Waals surface area contributed by atoms with Gasteiger partial charge in [-0.1, -0.05) is 25.4 Å². The molecule has 6 nitrogen and oxygen atoms in total. The Kier molecular flexibility index (Phi) is 6.02. The summed E-state index contributed by atoms with van der Waals surface area (Å²) < 4.78 is 42.9. The van der Waals surface area contributed by atoms with E-state index < -0.39 is 17.9 Å². The molecule has 10 heteroatoms. The minimum Gasteiger partial charge on any atom is -0.354 e. The van der Waals surface area contributed by atoms with E-state index in [2.05, 4.69) is 15.5 Å². The van der Waals surface area contributed by atoms with Crippen LogP contribution in [0.1, 0.15) is 49.7 Å². The Balaban J connectivity index is 1.69. The molecule has 0 fully saturated rings. The summed E-state index contributed by atoms with van der Waals surface area (Å²) in [6, 6.07) is -0.755. The Bertz CT molecular complexity index is 845. The van der Waals surface area contributed by atoms with Crippen LogP contribution < -0.4 is 5.32 Å². The molecule has 2 aromatic rings. The van der Waals surface area contributed by atoms with E-state index in [4.69, 9.17) is 11.6 Å². The maximum absolute atomic E-state index is 13.3. The van der Waals surface area contributed by atoms with E-state index in [0.717, 1.165) is 0 Å². The summed E-state index contributed by atoms with van der Waals surface area (Å²) in [7, 11) is 0. The summed E-state index contributed by atoms with van der Waals surface area (Å²) in [6.45, 7) is 4.67. The highest BCUT2D eigenvalue weighted by atomic mass is 35.5. The van der Waals surface area contributed by atoms with Gasteiger partial charge in [-0.2, -0.15) is 23.4 Å². The molecule has 0 saturated heterocycles. The third kappa shape index (κ3) is 4.34. The van der Waals surface area contributed by atoms with E-state index in [9.17, 15) is 18.0 Å². The van der Waals surface area contributed by atoms with Crippen LogP contribution in [0.25, 0.3) is 0 Å². The average molecular weight is 418 g/mol. The van der Waals surface area contributed by atoms with Crippen molar-refractivity contribution in [3.8, 4) is 0 Å². The van der Waals surface area contributed by atoms with E-state index in [1.54, 1.807) is 17.8 Å². The molecule has 2 aromatic heterocycles. The number of amides is 1. The number of halogens is 4. The monoisotopic (exact) mass is 417 g/mol. The summed E-state index contributed by atoms with van der Waals surface area (Å²) in [4.78, 5) is 12.7. The zero-order valence-electron chi connectivity index (χ0n) is 15.8. The summed E-state index contributed by atoms with van der Waals surface area (Å²) in [5, 5.41) is 11.3. The van der Waals surface area contributed by atoms with Crippen LogP contribution in [0.3, 0.4) is 0 Å². The number of carbonyl (C=O) groups excluding carboxylic acids is 1. The second kappa shape index (κ2) is 8.14.